The van der Waals surface area contributed by atoms with E-state index in [9.17, 15) is 17.2 Å². The maximum absolute atomic E-state index is 13.3. The molecule has 6 nitrogen and oxygen atoms in total. The molecule has 0 aliphatic heterocycles. The predicted molar refractivity (Wildman–Crippen MR) is 105 cm³/mol. The number of rotatable bonds is 6. The van der Waals surface area contributed by atoms with Crippen molar-refractivity contribution in [1.29, 1.82) is 5.26 Å². The second-order valence-electron chi connectivity index (χ2n) is 6.28. The number of halogens is 2. The molecule has 0 amide bonds. The average molecular weight is 414 g/mol. The molecule has 3 rings (SSSR count). The molecule has 1 N–H and O–H groups in total. The minimum absolute atomic E-state index is 0.147. The average Bonchev–Trinajstić information content (AvgIpc) is 2.67. The molecule has 9 heteroatoms. The van der Waals surface area contributed by atoms with E-state index < -0.39 is 21.7 Å². The number of anilines is 2. The third-order valence-corrected chi connectivity index (χ3v) is 5.38. The highest BCUT2D eigenvalue weighted by Gasteiger charge is 2.16. The molecular formula is C20H16F2N4O2S. The Morgan fingerprint density at radius 3 is 2.45 bits per heavy atom. The van der Waals surface area contributed by atoms with Crippen molar-refractivity contribution in [3.63, 3.8) is 0 Å². The number of pyridine rings is 1. The van der Waals surface area contributed by atoms with E-state index in [0.29, 0.717) is 24.0 Å². The normalized spacial score (nSPS) is 11.0. The lowest BCUT2D eigenvalue weighted by Gasteiger charge is -2.18. The van der Waals surface area contributed by atoms with Gasteiger partial charge in [-0.1, -0.05) is 12.1 Å². The number of nitrogens with zero attached hydrogens (tertiary/aromatic N) is 3. The van der Waals surface area contributed by atoms with Crippen LogP contribution in [0.5, 0.6) is 0 Å². The standard InChI is InChI=1S/C20H16F2N4O2S/c1-26(13-15-4-2-3-14(7-15)11-23)20-6-5-19(12-24-20)29(27,28)25-18-9-16(21)8-17(22)10-18/h2-10,12,25H,13H2,1H3. The lowest BCUT2D eigenvalue weighted by atomic mass is 10.1. The Balaban J connectivity index is 1.75. The molecule has 0 unspecified atom stereocenters. The zero-order chi connectivity index (χ0) is 21.0. The highest BCUT2D eigenvalue weighted by atomic mass is 32.2. The van der Waals surface area contributed by atoms with Crippen LogP contribution in [0.3, 0.4) is 0 Å². The van der Waals surface area contributed by atoms with Crippen molar-refractivity contribution >= 4 is 21.5 Å². The summed E-state index contributed by atoms with van der Waals surface area (Å²) >= 11 is 0. The first kappa shape index (κ1) is 20.2. The van der Waals surface area contributed by atoms with Gasteiger partial charge in [-0.25, -0.2) is 22.2 Å². The van der Waals surface area contributed by atoms with Crippen molar-refractivity contribution in [2.45, 2.75) is 11.4 Å². The molecule has 0 atom stereocenters. The number of benzene rings is 2. The summed E-state index contributed by atoms with van der Waals surface area (Å²) in [5, 5.41) is 8.98. The SMILES string of the molecule is CN(Cc1cccc(C#N)c1)c1ccc(S(=O)(=O)Nc2cc(F)cc(F)c2)cn1. The number of hydrogen-bond donors (Lipinski definition) is 1. The Labute approximate surface area is 167 Å². The van der Waals surface area contributed by atoms with Crippen LogP contribution in [0.15, 0.2) is 65.7 Å². The first-order valence-electron chi connectivity index (χ1n) is 8.42. The van der Waals surface area contributed by atoms with Crippen LogP contribution in [-0.4, -0.2) is 20.4 Å². The molecule has 1 heterocycles. The van der Waals surface area contributed by atoms with Crippen molar-refractivity contribution in [2.24, 2.45) is 0 Å². The molecule has 0 saturated carbocycles. The minimum atomic E-state index is -4.06. The highest BCUT2D eigenvalue weighted by molar-refractivity contribution is 7.92. The molecule has 2 aromatic carbocycles. The van der Waals surface area contributed by atoms with Gasteiger partial charge in [0.15, 0.2) is 0 Å². The highest BCUT2D eigenvalue weighted by Crippen LogP contribution is 2.20. The Morgan fingerprint density at radius 2 is 1.83 bits per heavy atom. The number of aromatic nitrogens is 1. The number of hydrogen-bond acceptors (Lipinski definition) is 5. The molecule has 1 aromatic heterocycles. The van der Waals surface area contributed by atoms with E-state index in [1.165, 1.54) is 12.1 Å². The summed E-state index contributed by atoms with van der Waals surface area (Å²) in [6, 6.07) is 14.5. The van der Waals surface area contributed by atoms with Crippen molar-refractivity contribution < 1.29 is 17.2 Å². The molecule has 3 aromatic rings. The van der Waals surface area contributed by atoms with E-state index in [0.717, 1.165) is 23.9 Å². The molecule has 0 fully saturated rings. The van der Waals surface area contributed by atoms with Crippen LogP contribution in [0, 0.1) is 23.0 Å². The fourth-order valence-electron chi connectivity index (χ4n) is 2.68. The van der Waals surface area contributed by atoms with Gasteiger partial charge in [0.25, 0.3) is 10.0 Å². The van der Waals surface area contributed by atoms with Gasteiger partial charge in [-0.2, -0.15) is 5.26 Å². The maximum atomic E-state index is 13.3. The van der Waals surface area contributed by atoms with Gasteiger partial charge in [-0.05, 0) is 42.0 Å². The van der Waals surface area contributed by atoms with Gasteiger partial charge >= 0.3 is 0 Å². The maximum Gasteiger partial charge on any atom is 0.263 e. The lowest BCUT2D eigenvalue weighted by molar-refractivity contribution is 0.584. The zero-order valence-corrected chi connectivity index (χ0v) is 16.1. The largest absolute Gasteiger partial charge is 0.355 e. The Morgan fingerprint density at radius 1 is 1.10 bits per heavy atom. The number of sulfonamides is 1. The topological polar surface area (TPSA) is 86.1 Å². The molecule has 0 bridgehead atoms. The minimum Gasteiger partial charge on any atom is -0.355 e. The van der Waals surface area contributed by atoms with Crippen LogP contribution in [-0.2, 0) is 16.6 Å². The van der Waals surface area contributed by atoms with Crippen LogP contribution in [0.25, 0.3) is 0 Å². The first-order valence-corrected chi connectivity index (χ1v) is 9.90. The second-order valence-corrected chi connectivity index (χ2v) is 7.97. The van der Waals surface area contributed by atoms with Gasteiger partial charge < -0.3 is 4.90 Å². The Bertz CT molecular complexity index is 1160. The molecule has 148 valence electrons. The third kappa shape index (κ3) is 5.06. The lowest BCUT2D eigenvalue weighted by Crippen LogP contribution is -2.18. The summed E-state index contributed by atoms with van der Waals surface area (Å²) in [6.07, 6.45) is 1.16. The third-order valence-electron chi connectivity index (χ3n) is 4.01. The summed E-state index contributed by atoms with van der Waals surface area (Å²) in [5.41, 5.74) is 1.23. The van der Waals surface area contributed by atoms with Crippen molar-refractivity contribution in [2.75, 3.05) is 16.7 Å². The molecular weight excluding hydrogens is 398 g/mol. The summed E-state index contributed by atoms with van der Waals surface area (Å²) in [5.74, 6) is -1.26. The fraction of sp³-hybridized carbons (Fsp3) is 0.100. The van der Waals surface area contributed by atoms with E-state index in [1.807, 2.05) is 6.07 Å². The molecule has 0 saturated heterocycles. The van der Waals surface area contributed by atoms with E-state index in [-0.39, 0.29) is 10.6 Å². The van der Waals surface area contributed by atoms with Gasteiger partial charge in [0.05, 0.1) is 17.3 Å². The monoisotopic (exact) mass is 414 g/mol. The molecule has 29 heavy (non-hydrogen) atoms. The summed E-state index contributed by atoms with van der Waals surface area (Å²) < 4.78 is 53.5. The number of nitrogens with one attached hydrogen (secondary N) is 1. The van der Waals surface area contributed by atoms with Gasteiger partial charge in [0.1, 0.15) is 22.3 Å². The smallest absolute Gasteiger partial charge is 0.263 e. The summed E-state index contributed by atoms with van der Waals surface area (Å²) in [4.78, 5) is 5.80. The van der Waals surface area contributed by atoms with E-state index >= 15 is 0 Å². The quantitative estimate of drug-likeness (QED) is 0.665. The summed E-state index contributed by atoms with van der Waals surface area (Å²) in [6.45, 7) is 0.468. The van der Waals surface area contributed by atoms with Crippen molar-refractivity contribution in [1.82, 2.24) is 4.98 Å². The van der Waals surface area contributed by atoms with E-state index in [4.69, 9.17) is 5.26 Å². The Kier molecular flexibility index (Phi) is 5.75. The fourth-order valence-corrected chi connectivity index (χ4v) is 3.66. The van der Waals surface area contributed by atoms with Crippen LogP contribution in [0.4, 0.5) is 20.3 Å². The molecule has 0 aliphatic rings. The molecule has 0 aliphatic carbocycles. The van der Waals surface area contributed by atoms with Crippen molar-refractivity contribution in [3.8, 4) is 6.07 Å². The zero-order valence-electron chi connectivity index (χ0n) is 15.3. The summed E-state index contributed by atoms with van der Waals surface area (Å²) in [7, 11) is -2.28. The number of nitriles is 1. The van der Waals surface area contributed by atoms with Crippen LogP contribution >= 0.6 is 0 Å². The first-order chi connectivity index (χ1) is 13.8. The van der Waals surface area contributed by atoms with Gasteiger partial charge in [-0.15, -0.1) is 0 Å². The van der Waals surface area contributed by atoms with Crippen LogP contribution < -0.4 is 9.62 Å². The molecule has 0 radical (unpaired) electrons. The Hall–Kier alpha value is -3.51. The van der Waals surface area contributed by atoms with Crippen molar-refractivity contribution in [3.05, 3.63) is 83.6 Å². The van der Waals surface area contributed by atoms with E-state index in [1.54, 1.807) is 30.1 Å². The van der Waals surface area contributed by atoms with Gasteiger partial charge in [0, 0.05) is 25.9 Å². The van der Waals surface area contributed by atoms with Gasteiger partial charge in [0.2, 0.25) is 0 Å². The van der Waals surface area contributed by atoms with E-state index in [2.05, 4.69) is 15.8 Å². The second kappa shape index (κ2) is 8.24. The van der Waals surface area contributed by atoms with Gasteiger partial charge in [-0.3, -0.25) is 4.72 Å². The molecule has 0 spiro atoms. The van der Waals surface area contributed by atoms with Crippen LogP contribution in [0.2, 0.25) is 0 Å². The predicted octanol–water partition coefficient (Wildman–Crippen LogP) is 3.67. The van der Waals surface area contributed by atoms with Crippen LogP contribution in [0.1, 0.15) is 11.1 Å².